The van der Waals surface area contributed by atoms with Gasteiger partial charge < -0.3 is 9.73 Å². The van der Waals surface area contributed by atoms with Crippen LogP contribution >= 0.6 is 35.0 Å². The van der Waals surface area contributed by atoms with Crippen LogP contribution in [-0.2, 0) is 4.79 Å². The fourth-order valence-corrected chi connectivity index (χ4v) is 4.83. The zero-order chi connectivity index (χ0) is 25.2. The lowest BCUT2D eigenvalue weighted by atomic mass is 10.1. The van der Waals surface area contributed by atoms with Crippen LogP contribution in [0.4, 0.5) is 10.1 Å². The van der Waals surface area contributed by atoms with Gasteiger partial charge in [0.1, 0.15) is 11.4 Å². The van der Waals surface area contributed by atoms with Gasteiger partial charge in [-0.1, -0.05) is 53.2 Å². The molecule has 0 unspecified atom stereocenters. The van der Waals surface area contributed by atoms with Crippen molar-refractivity contribution in [3.63, 3.8) is 0 Å². The highest BCUT2D eigenvalue weighted by molar-refractivity contribution is 7.99. The number of hydrogen-bond acceptors (Lipinski definition) is 5. The average Bonchev–Trinajstić information content (AvgIpc) is 3.27. The molecule has 6 nitrogen and oxygen atoms in total. The first kappa shape index (κ1) is 24.1. The maximum Gasteiger partial charge on any atom is 0.345 e. The monoisotopic (exact) mass is 539 g/mol. The van der Waals surface area contributed by atoms with E-state index in [4.69, 9.17) is 27.6 Å². The van der Waals surface area contributed by atoms with Gasteiger partial charge in [0.15, 0.2) is 5.16 Å². The Bertz CT molecular complexity index is 1650. The van der Waals surface area contributed by atoms with Crippen molar-refractivity contribution < 1.29 is 13.6 Å². The van der Waals surface area contributed by atoms with Gasteiger partial charge in [0.2, 0.25) is 5.91 Å². The highest BCUT2D eigenvalue weighted by Crippen LogP contribution is 2.32. The fraction of sp³-hybridized carbons (Fsp3) is 0.0385. The first-order chi connectivity index (χ1) is 17.4. The number of fused-ring (bicyclic) bond motifs is 1. The van der Waals surface area contributed by atoms with Crippen molar-refractivity contribution in [2.24, 2.45) is 0 Å². The Kier molecular flexibility index (Phi) is 6.82. The van der Waals surface area contributed by atoms with Gasteiger partial charge >= 0.3 is 5.63 Å². The number of para-hydroxylation sites is 1. The van der Waals surface area contributed by atoms with E-state index < -0.39 is 11.4 Å². The molecule has 0 atom stereocenters. The highest BCUT2D eigenvalue weighted by atomic mass is 35.5. The van der Waals surface area contributed by atoms with Crippen LogP contribution in [0.3, 0.4) is 0 Å². The third kappa shape index (κ3) is 5.16. The Balaban J connectivity index is 1.50. The summed E-state index contributed by atoms with van der Waals surface area (Å²) in [6.07, 6.45) is 1.66. The van der Waals surface area contributed by atoms with Crippen LogP contribution < -0.4 is 10.9 Å². The molecule has 0 saturated carbocycles. The third-order valence-corrected chi connectivity index (χ3v) is 6.71. The van der Waals surface area contributed by atoms with Gasteiger partial charge in [-0.05, 0) is 54.6 Å². The highest BCUT2D eigenvalue weighted by Gasteiger charge is 2.18. The molecule has 0 spiro atoms. The molecular weight excluding hydrogens is 524 g/mol. The number of aromatic nitrogens is 2. The van der Waals surface area contributed by atoms with Crippen molar-refractivity contribution in [1.29, 1.82) is 0 Å². The smallest absolute Gasteiger partial charge is 0.345 e. The quantitative estimate of drug-likeness (QED) is 0.189. The summed E-state index contributed by atoms with van der Waals surface area (Å²) in [5.41, 5.74) is 1.62. The number of nitrogens with zero attached hydrogens (tertiary/aromatic N) is 2. The van der Waals surface area contributed by atoms with Gasteiger partial charge in [0.05, 0.1) is 27.7 Å². The minimum absolute atomic E-state index is 0.00532. The summed E-state index contributed by atoms with van der Waals surface area (Å²) in [6.45, 7) is 0. The van der Waals surface area contributed by atoms with Crippen LogP contribution in [0.2, 0.25) is 10.0 Å². The number of nitrogens with one attached hydrogen (secondary N) is 1. The topological polar surface area (TPSA) is 77.1 Å². The summed E-state index contributed by atoms with van der Waals surface area (Å²) in [5.74, 6) is -0.698. The van der Waals surface area contributed by atoms with Gasteiger partial charge in [-0.25, -0.2) is 14.2 Å². The molecule has 3 aromatic carbocycles. The molecule has 10 heteroatoms. The summed E-state index contributed by atoms with van der Waals surface area (Å²) < 4.78 is 20.3. The molecule has 2 heterocycles. The molecule has 5 rings (SSSR count). The SMILES string of the molecule is O=C(CSc1nc(-c2cc3ccccc3oc2=O)cn1-c1ccc(Cl)cc1Cl)Nc1ccc(F)cc1. The Morgan fingerprint density at radius 1 is 1.06 bits per heavy atom. The lowest BCUT2D eigenvalue weighted by Crippen LogP contribution is -2.14. The Morgan fingerprint density at radius 3 is 2.61 bits per heavy atom. The van der Waals surface area contributed by atoms with Crippen LogP contribution in [0.15, 0.2) is 93.4 Å². The maximum absolute atomic E-state index is 13.1. The molecule has 1 amide bonds. The molecule has 0 saturated heterocycles. The number of hydrogen-bond donors (Lipinski definition) is 1. The van der Waals surface area contributed by atoms with Crippen molar-refractivity contribution in [3.8, 4) is 16.9 Å². The van der Waals surface area contributed by atoms with E-state index in [0.717, 1.165) is 17.1 Å². The maximum atomic E-state index is 13.1. The number of carbonyl (C=O) groups is 1. The Labute approximate surface area is 218 Å². The molecule has 0 aliphatic carbocycles. The molecule has 180 valence electrons. The largest absolute Gasteiger partial charge is 0.422 e. The zero-order valence-electron chi connectivity index (χ0n) is 18.4. The van der Waals surface area contributed by atoms with Crippen LogP contribution in [0.5, 0.6) is 0 Å². The van der Waals surface area contributed by atoms with Gasteiger partial charge in [0, 0.05) is 22.3 Å². The second kappa shape index (κ2) is 10.2. The molecule has 5 aromatic rings. The fourth-order valence-electron chi connectivity index (χ4n) is 3.54. The van der Waals surface area contributed by atoms with Crippen LogP contribution in [-0.4, -0.2) is 21.2 Å². The predicted molar refractivity (Wildman–Crippen MR) is 141 cm³/mol. The summed E-state index contributed by atoms with van der Waals surface area (Å²) >= 11 is 13.7. The summed E-state index contributed by atoms with van der Waals surface area (Å²) in [4.78, 5) is 29.9. The van der Waals surface area contributed by atoms with Gasteiger partial charge in [-0.2, -0.15) is 0 Å². The van der Waals surface area contributed by atoms with Gasteiger partial charge in [0.25, 0.3) is 0 Å². The van der Waals surface area contributed by atoms with E-state index in [1.165, 1.54) is 24.3 Å². The average molecular weight is 540 g/mol. The number of halogens is 3. The molecule has 2 aromatic heterocycles. The van der Waals surface area contributed by atoms with E-state index in [1.54, 1.807) is 47.2 Å². The van der Waals surface area contributed by atoms with Crippen molar-refractivity contribution >= 4 is 57.5 Å². The standard InChI is InChI=1S/C26H16Cl2FN3O3S/c27-16-5-10-22(20(28)12-16)32-13-21(19-11-15-3-1-2-4-23(15)35-25(19)34)31-26(32)36-14-24(33)30-18-8-6-17(29)7-9-18/h1-13H,14H2,(H,30,33). The number of rotatable bonds is 6. The normalized spacial score (nSPS) is 11.1. The van der Waals surface area contributed by atoms with Crippen molar-refractivity contribution in [1.82, 2.24) is 9.55 Å². The van der Waals surface area contributed by atoms with Crippen molar-refractivity contribution in [2.45, 2.75) is 5.16 Å². The van der Waals surface area contributed by atoms with E-state index in [-0.39, 0.29) is 17.2 Å². The number of thioether (sulfide) groups is 1. The predicted octanol–water partition coefficient (Wildman–Crippen LogP) is 6.82. The Morgan fingerprint density at radius 2 is 1.83 bits per heavy atom. The molecule has 36 heavy (non-hydrogen) atoms. The van der Waals surface area contributed by atoms with E-state index in [0.29, 0.717) is 37.9 Å². The van der Waals surface area contributed by atoms with Crippen LogP contribution in [0, 0.1) is 5.82 Å². The minimum atomic E-state index is -0.536. The van der Waals surface area contributed by atoms with Crippen LogP contribution in [0.25, 0.3) is 27.9 Å². The third-order valence-electron chi connectivity index (χ3n) is 5.22. The molecule has 0 radical (unpaired) electrons. The summed E-state index contributed by atoms with van der Waals surface area (Å²) in [6, 6.07) is 19.4. The number of anilines is 1. The van der Waals surface area contributed by atoms with E-state index in [2.05, 4.69) is 10.3 Å². The van der Waals surface area contributed by atoms with Crippen molar-refractivity contribution in [2.75, 3.05) is 11.1 Å². The van der Waals surface area contributed by atoms with Crippen molar-refractivity contribution in [3.05, 3.63) is 105 Å². The lowest BCUT2D eigenvalue weighted by molar-refractivity contribution is -0.113. The first-order valence-corrected chi connectivity index (χ1v) is 12.4. The van der Waals surface area contributed by atoms with E-state index in [9.17, 15) is 14.0 Å². The molecule has 0 fully saturated rings. The number of amides is 1. The Hall–Kier alpha value is -3.59. The minimum Gasteiger partial charge on any atom is -0.422 e. The molecule has 0 bridgehead atoms. The summed E-state index contributed by atoms with van der Waals surface area (Å²) in [5, 5.41) is 4.72. The molecule has 1 N–H and O–H groups in total. The van der Waals surface area contributed by atoms with Gasteiger partial charge in [-0.3, -0.25) is 9.36 Å². The molecule has 0 aliphatic heterocycles. The summed E-state index contributed by atoms with van der Waals surface area (Å²) in [7, 11) is 0. The second-order valence-corrected chi connectivity index (χ2v) is 9.49. The molecular formula is C26H16Cl2FN3O3S. The van der Waals surface area contributed by atoms with E-state index in [1.807, 2.05) is 12.1 Å². The lowest BCUT2D eigenvalue weighted by Gasteiger charge is -2.10. The number of carbonyl (C=O) groups excluding carboxylic acids is 1. The first-order valence-electron chi connectivity index (χ1n) is 10.6. The van der Waals surface area contributed by atoms with E-state index >= 15 is 0 Å². The second-order valence-electron chi connectivity index (χ2n) is 7.70. The van der Waals surface area contributed by atoms with Crippen LogP contribution in [0.1, 0.15) is 0 Å². The number of benzene rings is 3. The zero-order valence-corrected chi connectivity index (χ0v) is 20.7. The number of imidazole rings is 1. The van der Waals surface area contributed by atoms with Gasteiger partial charge in [-0.15, -0.1) is 0 Å². The molecule has 0 aliphatic rings.